The van der Waals surface area contributed by atoms with Crippen molar-refractivity contribution in [3.05, 3.63) is 29.3 Å². The Labute approximate surface area is 101 Å². The van der Waals surface area contributed by atoms with Crippen molar-refractivity contribution in [3.8, 4) is 5.75 Å². The van der Waals surface area contributed by atoms with E-state index in [0.717, 1.165) is 5.56 Å². The molecule has 0 aliphatic heterocycles. The van der Waals surface area contributed by atoms with E-state index in [-0.39, 0.29) is 6.79 Å². The highest BCUT2D eigenvalue weighted by molar-refractivity contribution is 5.92. The number of methoxy groups -OCH3 is 2. The van der Waals surface area contributed by atoms with Crippen LogP contribution in [0.3, 0.4) is 0 Å². The number of ether oxygens (including phenoxy) is 3. The number of esters is 1. The minimum atomic E-state index is -0.411. The molecule has 4 nitrogen and oxygen atoms in total. The van der Waals surface area contributed by atoms with Gasteiger partial charge in [-0.3, -0.25) is 0 Å². The highest BCUT2D eigenvalue weighted by Crippen LogP contribution is 2.25. The van der Waals surface area contributed by atoms with E-state index in [1.807, 2.05) is 12.1 Å². The highest BCUT2D eigenvalue weighted by atomic mass is 16.7. The summed E-state index contributed by atoms with van der Waals surface area (Å²) >= 11 is 0. The van der Waals surface area contributed by atoms with Crippen molar-refractivity contribution >= 4 is 5.97 Å². The van der Waals surface area contributed by atoms with Gasteiger partial charge in [0, 0.05) is 7.11 Å². The summed E-state index contributed by atoms with van der Waals surface area (Å²) in [4.78, 5) is 11.5. The van der Waals surface area contributed by atoms with Crippen LogP contribution >= 0.6 is 0 Å². The van der Waals surface area contributed by atoms with Gasteiger partial charge in [0.2, 0.25) is 0 Å². The van der Waals surface area contributed by atoms with Crippen molar-refractivity contribution in [3.63, 3.8) is 0 Å². The molecule has 0 bridgehead atoms. The maximum Gasteiger partial charge on any atom is 0.341 e. The maximum atomic E-state index is 11.5. The lowest BCUT2D eigenvalue weighted by Gasteiger charge is -2.13. The molecule has 1 aromatic rings. The van der Waals surface area contributed by atoms with Crippen LogP contribution in [0, 0.1) is 0 Å². The van der Waals surface area contributed by atoms with Gasteiger partial charge in [-0.15, -0.1) is 0 Å². The molecule has 94 valence electrons. The van der Waals surface area contributed by atoms with Crippen LogP contribution in [-0.2, 0) is 9.47 Å². The second-order valence-electron chi connectivity index (χ2n) is 3.95. The Morgan fingerprint density at radius 1 is 1.29 bits per heavy atom. The van der Waals surface area contributed by atoms with E-state index in [0.29, 0.717) is 17.2 Å². The SMILES string of the molecule is COCOc1cc(C(C)C)ccc1C(=O)OC. The molecule has 17 heavy (non-hydrogen) atoms. The van der Waals surface area contributed by atoms with Gasteiger partial charge in [-0.05, 0) is 23.6 Å². The van der Waals surface area contributed by atoms with Gasteiger partial charge < -0.3 is 14.2 Å². The summed E-state index contributed by atoms with van der Waals surface area (Å²) in [5.41, 5.74) is 1.51. The third-order valence-corrected chi connectivity index (χ3v) is 2.41. The molecule has 0 saturated carbocycles. The minimum absolute atomic E-state index is 0.103. The lowest BCUT2D eigenvalue weighted by molar-refractivity contribution is 0.0464. The summed E-state index contributed by atoms with van der Waals surface area (Å²) < 4.78 is 14.9. The van der Waals surface area contributed by atoms with Crippen LogP contribution in [0.25, 0.3) is 0 Å². The summed E-state index contributed by atoms with van der Waals surface area (Å²) in [6.07, 6.45) is 0. The largest absolute Gasteiger partial charge is 0.467 e. The number of hydrogen-bond acceptors (Lipinski definition) is 4. The Morgan fingerprint density at radius 3 is 2.53 bits per heavy atom. The maximum absolute atomic E-state index is 11.5. The molecule has 0 aliphatic carbocycles. The third-order valence-electron chi connectivity index (χ3n) is 2.41. The number of benzene rings is 1. The van der Waals surface area contributed by atoms with Gasteiger partial charge in [0.05, 0.1) is 7.11 Å². The summed E-state index contributed by atoms with van der Waals surface area (Å²) in [6.45, 7) is 4.26. The second-order valence-corrected chi connectivity index (χ2v) is 3.95. The Kier molecular flexibility index (Phi) is 4.97. The van der Waals surface area contributed by atoms with Crippen LogP contribution < -0.4 is 4.74 Å². The van der Waals surface area contributed by atoms with Crippen molar-refractivity contribution in [2.45, 2.75) is 19.8 Å². The predicted octanol–water partition coefficient (Wildman–Crippen LogP) is 2.58. The summed E-state index contributed by atoms with van der Waals surface area (Å²) in [5.74, 6) is 0.447. The quantitative estimate of drug-likeness (QED) is 0.584. The Morgan fingerprint density at radius 2 is 2.00 bits per heavy atom. The minimum Gasteiger partial charge on any atom is -0.467 e. The number of carbonyl (C=O) groups is 1. The van der Waals surface area contributed by atoms with Crippen LogP contribution in [0.2, 0.25) is 0 Å². The molecule has 0 atom stereocenters. The normalized spacial score (nSPS) is 10.4. The first-order valence-electron chi connectivity index (χ1n) is 5.44. The second kappa shape index (κ2) is 6.25. The van der Waals surface area contributed by atoms with Crippen molar-refractivity contribution in [2.75, 3.05) is 21.0 Å². The number of rotatable bonds is 5. The molecule has 0 unspecified atom stereocenters. The molecular weight excluding hydrogens is 220 g/mol. The molecule has 0 fully saturated rings. The van der Waals surface area contributed by atoms with Gasteiger partial charge >= 0.3 is 5.97 Å². The zero-order chi connectivity index (χ0) is 12.8. The fourth-order valence-electron chi connectivity index (χ4n) is 1.42. The van der Waals surface area contributed by atoms with Crippen LogP contribution in [0.5, 0.6) is 5.75 Å². The van der Waals surface area contributed by atoms with Gasteiger partial charge in [-0.1, -0.05) is 19.9 Å². The van der Waals surface area contributed by atoms with E-state index in [4.69, 9.17) is 14.2 Å². The van der Waals surface area contributed by atoms with Crippen molar-refractivity contribution in [2.24, 2.45) is 0 Å². The molecule has 0 aromatic heterocycles. The van der Waals surface area contributed by atoms with Gasteiger partial charge in [-0.25, -0.2) is 4.79 Å². The van der Waals surface area contributed by atoms with Gasteiger partial charge in [0.25, 0.3) is 0 Å². The van der Waals surface area contributed by atoms with E-state index in [2.05, 4.69) is 13.8 Å². The van der Waals surface area contributed by atoms with Crippen molar-refractivity contribution < 1.29 is 19.0 Å². The molecule has 0 amide bonds. The molecule has 0 spiro atoms. The average Bonchev–Trinajstić information content (AvgIpc) is 2.34. The highest BCUT2D eigenvalue weighted by Gasteiger charge is 2.14. The summed E-state index contributed by atoms with van der Waals surface area (Å²) in [6, 6.07) is 5.46. The fourth-order valence-corrected chi connectivity index (χ4v) is 1.42. The molecular formula is C13H18O4. The van der Waals surface area contributed by atoms with Crippen LogP contribution in [0.1, 0.15) is 35.7 Å². The number of hydrogen-bond donors (Lipinski definition) is 0. The molecule has 0 radical (unpaired) electrons. The first-order valence-corrected chi connectivity index (χ1v) is 5.44. The predicted molar refractivity (Wildman–Crippen MR) is 64.4 cm³/mol. The molecule has 4 heteroatoms. The Hall–Kier alpha value is -1.55. The van der Waals surface area contributed by atoms with Gasteiger partial charge in [0.15, 0.2) is 6.79 Å². The van der Waals surface area contributed by atoms with Crippen LogP contribution in [-0.4, -0.2) is 27.0 Å². The van der Waals surface area contributed by atoms with Gasteiger partial charge in [0.1, 0.15) is 11.3 Å². The smallest absolute Gasteiger partial charge is 0.341 e. The topological polar surface area (TPSA) is 44.8 Å². The van der Waals surface area contributed by atoms with Crippen LogP contribution in [0.4, 0.5) is 0 Å². The number of carbonyl (C=O) groups excluding carboxylic acids is 1. The zero-order valence-corrected chi connectivity index (χ0v) is 10.6. The first kappa shape index (κ1) is 13.5. The van der Waals surface area contributed by atoms with E-state index in [9.17, 15) is 4.79 Å². The molecule has 1 rings (SSSR count). The molecule has 1 aromatic carbocycles. The zero-order valence-electron chi connectivity index (χ0n) is 10.6. The molecule has 0 aliphatic rings. The summed E-state index contributed by atoms with van der Waals surface area (Å²) in [5, 5.41) is 0. The summed E-state index contributed by atoms with van der Waals surface area (Å²) in [7, 11) is 2.88. The van der Waals surface area contributed by atoms with Crippen molar-refractivity contribution in [1.29, 1.82) is 0 Å². The van der Waals surface area contributed by atoms with Gasteiger partial charge in [-0.2, -0.15) is 0 Å². The first-order chi connectivity index (χ1) is 8.10. The standard InChI is InChI=1S/C13H18O4/c1-9(2)10-5-6-11(13(14)16-4)12(7-10)17-8-15-3/h5-7,9H,8H2,1-4H3. The fraction of sp³-hybridized carbons (Fsp3) is 0.462. The van der Waals surface area contributed by atoms with E-state index in [1.165, 1.54) is 14.2 Å². The lowest BCUT2D eigenvalue weighted by Crippen LogP contribution is -2.08. The molecule has 0 N–H and O–H groups in total. The van der Waals surface area contributed by atoms with Crippen molar-refractivity contribution in [1.82, 2.24) is 0 Å². The Bertz CT molecular complexity index is 385. The third kappa shape index (κ3) is 3.46. The lowest BCUT2D eigenvalue weighted by atomic mass is 10.0. The monoisotopic (exact) mass is 238 g/mol. The average molecular weight is 238 g/mol. The Balaban J connectivity index is 3.07. The molecule has 0 saturated heterocycles. The van der Waals surface area contributed by atoms with E-state index < -0.39 is 5.97 Å². The molecule has 0 heterocycles. The van der Waals surface area contributed by atoms with E-state index in [1.54, 1.807) is 6.07 Å². The van der Waals surface area contributed by atoms with Crippen LogP contribution in [0.15, 0.2) is 18.2 Å². The van der Waals surface area contributed by atoms with E-state index >= 15 is 0 Å².